The maximum Gasteiger partial charge on any atom is 0.573 e. The van der Waals surface area contributed by atoms with E-state index >= 15 is 0 Å². The van der Waals surface area contributed by atoms with Gasteiger partial charge in [-0.15, -0.1) is 13.2 Å². The van der Waals surface area contributed by atoms with Gasteiger partial charge < -0.3 is 15.2 Å². The van der Waals surface area contributed by atoms with Crippen LogP contribution in [0.5, 0.6) is 11.5 Å². The van der Waals surface area contributed by atoms with Gasteiger partial charge in [0.25, 0.3) is 5.91 Å². The van der Waals surface area contributed by atoms with Crippen molar-refractivity contribution in [1.29, 1.82) is 0 Å². The molecule has 0 saturated heterocycles. The summed E-state index contributed by atoms with van der Waals surface area (Å²) in [6.45, 7) is 1.64. The molecule has 6 nitrogen and oxygen atoms in total. The number of primary amides is 1. The van der Waals surface area contributed by atoms with Crippen molar-refractivity contribution in [3.63, 3.8) is 0 Å². The zero-order valence-electron chi connectivity index (χ0n) is 15.8. The third-order valence-electron chi connectivity index (χ3n) is 4.50. The first-order valence-electron chi connectivity index (χ1n) is 8.58. The lowest BCUT2D eigenvalue weighted by Gasteiger charge is -2.11. The molecule has 0 saturated carbocycles. The third kappa shape index (κ3) is 4.20. The lowest BCUT2D eigenvalue weighted by Crippen LogP contribution is -2.18. The summed E-state index contributed by atoms with van der Waals surface area (Å²) in [6.07, 6.45) is -4.95. The number of rotatable bonds is 5. The van der Waals surface area contributed by atoms with Crippen LogP contribution >= 0.6 is 11.6 Å². The second kappa shape index (κ2) is 7.91. The summed E-state index contributed by atoms with van der Waals surface area (Å²) in [7, 11) is 1.43. The molecular formula is C20H16ClF3N2O4. The molecule has 3 rings (SSSR count). The van der Waals surface area contributed by atoms with Crippen LogP contribution in [0.3, 0.4) is 0 Å². The van der Waals surface area contributed by atoms with E-state index in [2.05, 4.69) is 4.74 Å². The highest BCUT2D eigenvalue weighted by molar-refractivity contribution is 6.33. The molecule has 0 radical (unpaired) electrons. The van der Waals surface area contributed by atoms with Crippen molar-refractivity contribution in [2.75, 3.05) is 7.11 Å². The van der Waals surface area contributed by atoms with Crippen molar-refractivity contribution in [2.24, 2.45) is 5.73 Å². The zero-order chi connectivity index (χ0) is 22.2. The van der Waals surface area contributed by atoms with Gasteiger partial charge in [0.2, 0.25) is 5.91 Å². The highest BCUT2D eigenvalue weighted by atomic mass is 35.5. The average Bonchev–Trinajstić information content (AvgIpc) is 2.90. The SMILES string of the molecule is COc1cc2c(CC(N)=O)c(C)n(C(=O)c3ccc(OC(F)(F)F)cc3)c2cc1Cl. The van der Waals surface area contributed by atoms with Gasteiger partial charge in [-0.05, 0) is 48.9 Å². The Morgan fingerprint density at radius 1 is 1.17 bits per heavy atom. The van der Waals surface area contributed by atoms with Gasteiger partial charge in [0, 0.05) is 16.6 Å². The predicted octanol–water partition coefficient (Wildman–Crippen LogP) is 4.23. The molecule has 30 heavy (non-hydrogen) atoms. The smallest absolute Gasteiger partial charge is 0.495 e. The minimum atomic E-state index is -4.84. The van der Waals surface area contributed by atoms with E-state index in [1.54, 1.807) is 13.0 Å². The Labute approximate surface area is 173 Å². The average molecular weight is 441 g/mol. The molecule has 0 atom stereocenters. The van der Waals surface area contributed by atoms with E-state index < -0.39 is 23.9 Å². The largest absolute Gasteiger partial charge is 0.573 e. The Kier molecular flexibility index (Phi) is 5.67. The molecule has 2 aromatic carbocycles. The Hall–Kier alpha value is -3.20. The number of hydrogen-bond acceptors (Lipinski definition) is 4. The molecule has 10 heteroatoms. The number of alkyl halides is 3. The maximum atomic E-state index is 13.2. The van der Waals surface area contributed by atoms with Crippen LogP contribution in [0.4, 0.5) is 13.2 Å². The van der Waals surface area contributed by atoms with Crippen LogP contribution in [-0.2, 0) is 11.2 Å². The van der Waals surface area contributed by atoms with Crippen molar-refractivity contribution < 1.29 is 32.2 Å². The van der Waals surface area contributed by atoms with Crippen LogP contribution in [-0.4, -0.2) is 29.9 Å². The highest BCUT2D eigenvalue weighted by Crippen LogP contribution is 2.35. The summed E-state index contributed by atoms with van der Waals surface area (Å²) in [6, 6.07) is 7.64. The number of hydrogen-bond donors (Lipinski definition) is 1. The van der Waals surface area contributed by atoms with E-state index in [9.17, 15) is 22.8 Å². The van der Waals surface area contributed by atoms with E-state index in [1.807, 2.05) is 0 Å². The van der Waals surface area contributed by atoms with E-state index in [0.717, 1.165) is 12.1 Å². The van der Waals surface area contributed by atoms with Crippen LogP contribution in [0, 0.1) is 6.92 Å². The molecule has 0 fully saturated rings. The monoisotopic (exact) mass is 440 g/mol. The molecule has 0 aliphatic rings. The summed E-state index contributed by atoms with van der Waals surface area (Å²) in [5.41, 5.74) is 6.86. The van der Waals surface area contributed by atoms with Gasteiger partial charge in [-0.2, -0.15) is 0 Å². The molecule has 0 spiro atoms. The Bertz CT molecular complexity index is 1140. The lowest BCUT2D eigenvalue weighted by atomic mass is 10.1. The minimum absolute atomic E-state index is 0.113. The number of ether oxygens (including phenoxy) is 2. The molecule has 0 aliphatic carbocycles. The Morgan fingerprint density at radius 3 is 2.33 bits per heavy atom. The van der Waals surface area contributed by atoms with Crippen LogP contribution < -0.4 is 15.2 Å². The van der Waals surface area contributed by atoms with Crippen LogP contribution in [0.25, 0.3) is 10.9 Å². The molecule has 1 heterocycles. The lowest BCUT2D eigenvalue weighted by molar-refractivity contribution is -0.274. The molecule has 158 valence electrons. The molecule has 0 bridgehead atoms. The fourth-order valence-corrected chi connectivity index (χ4v) is 3.46. The number of methoxy groups -OCH3 is 1. The first-order chi connectivity index (χ1) is 14.0. The first-order valence-corrected chi connectivity index (χ1v) is 8.96. The maximum absolute atomic E-state index is 13.2. The molecule has 1 amide bonds. The molecule has 0 unspecified atom stereocenters. The Morgan fingerprint density at radius 2 is 1.80 bits per heavy atom. The molecule has 0 aliphatic heterocycles. The standard InChI is InChI=1S/C20H16ClF3N2O4/c1-10-13(8-18(25)27)14-7-17(29-2)15(21)9-16(14)26(10)19(28)11-3-5-12(6-4-11)30-20(22,23)24/h3-7,9H,8H2,1-2H3,(H2,25,27). The predicted molar refractivity (Wildman–Crippen MR) is 104 cm³/mol. The van der Waals surface area contributed by atoms with Gasteiger partial charge in [-0.3, -0.25) is 14.2 Å². The first kappa shape index (κ1) is 21.5. The number of nitrogens with two attached hydrogens (primary N) is 1. The van der Waals surface area contributed by atoms with E-state index in [0.29, 0.717) is 27.9 Å². The fourth-order valence-electron chi connectivity index (χ4n) is 3.22. The summed E-state index contributed by atoms with van der Waals surface area (Å²) in [5, 5.41) is 0.800. The summed E-state index contributed by atoms with van der Waals surface area (Å²) in [5.74, 6) is -1.20. The number of carbonyl (C=O) groups is 2. The Balaban J connectivity index is 2.12. The van der Waals surface area contributed by atoms with Crippen LogP contribution in [0.15, 0.2) is 36.4 Å². The van der Waals surface area contributed by atoms with Crippen molar-refractivity contribution >= 4 is 34.3 Å². The molecular weight excluding hydrogens is 425 g/mol. The number of aromatic nitrogens is 1. The van der Waals surface area contributed by atoms with Gasteiger partial charge in [0.05, 0.1) is 24.1 Å². The number of amides is 1. The number of nitrogens with zero attached hydrogens (tertiary/aromatic N) is 1. The van der Waals surface area contributed by atoms with Gasteiger partial charge in [-0.25, -0.2) is 0 Å². The quantitative estimate of drug-likeness (QED) is 0.643. The molecule has 3 aromatic rings. The normalized spacial score (nSPS) is 11.5. The second-order valence-electron chi connectivity index (χ2n) is 6.42. The minimum Gasteiger partial charge on any atom is -0.495 e. The number of fused-ring (bicyclic) bond motifs is 1. The van der Waals surface area contributed by atoms with Gasteiger partial charge in [0.1, 0.15) is 11.5 Å². The fraction of sp³-hybridized carbons (Fsp3) is 0.200. The van der Waals surface area contributed by atoms with E-state index in [4.69, 9.17) is 22.1 Å². The van der Waals surface area contributed by atoms with Crippen molar-refractivity contribution in [3.05, 3.63) is 58.2 Å². The van der Waals surface area contributed by atoms with E-state index in [-0.39, 0.29) is 17.0 Å². The van der Waals surface area contributed by atoms with Gasteiger partial charge >= 0.3 is 6.36 Å². The van der Waals surface area contributed by atoms with Crippen LogP contribution in [0.1, 0.15) is 21.6 Å². The highest BCUT2D eigenvalue weighted by Gasteiger charge is 2.31. The number of halogens is 4. The summed E-state index contributed by atoms with van der Waals surface area (Å²) < 4.78 is 47.4. The van der Waals surface area contributed by atoms with Crippen LogP contribution in [0.2, 0.25) is 5.02 Å². The van der Waals surface area contributed by atoms with Crippen molar-refractivity contribution in [2.45, 2.75) is 19.7 Å². The second-order valence-corrected chi connectivity index (χ2v) is 6.83. The van der Waals surface area contributed by atoms with Crippen molar-refractivity contribution in [1.82, 2.24) is 4.57 Å². The van der Waals surface area contributed by atoms with Crippen molar-refractivity contribution in [3.8, 4) is 11.5 Å². The summed E-state index contributed by atoms with van der Waals surface area (Å²) >= 11 is 6.21. The number of benzene rings is 2. The topological polar surface area (TPSA) is 83.5 Å². The van der Waals surface area contributed by atoms with Gasteiger partial charge in [-0.1, -0.05) is 11.6 Å². The zero-order valence-corrected chi connectivity index (χ0v) is 16.6. The number of carbonyl (C=O) groups excluding carboxylic acids is 2. The molecule has 1 aromatic heterocycles. The van der Waals surface area contributed by atoms with Gasteiger partial charge in [0.15, 0.2) is 0 Å². The summed E-state index contributed by atoms with van der Waals surface area (Å²) in [4.78, 5) is 24.7. The molecule has 2 N–H and O–H groups in total. The third-order valence-corrected chi connectivity index (χ3v) is 4.79. The van der Waals surface area contributed by atoms with E-state index in [1.165, 1.54) is 29.9 Å².